The number of carbonyl (C=O) groups is 1. The lowest BCUT2D eigenvalue weighted by Crippen LogP contribution is -2.46. The van der Waals surface area contributed by atoms with Gasteiger partial charge in [-0.25, -0.2) is 4.98 Å². The van der Waals surface area contributed by atoms with Gasteiger partial charge < -0.3 is 15.0 Å². The molecule has 1 amide bonds. The third-order valence-electron chi connectivity index (χ3n) is 5.28. The van der Waals surface area contributed by atoms with Crippen LogP contribution in [0.3, 0.4) is 0 Å². The first kappa shape index (κ1) is 19.7. The number of nitrogens with one attached hydrogen (secondary N) is 1. The summed E-state index contributed by atoms with van der Waals surface area (Å²) in [5.41, 5.74) is 1.90. The Hall–Kier alpha value is -2.64. The third kappa shape index (κ3) is 4.68. The molecule has 0 atom stereocenters. The molecule has 1 aliphatic rings. The average Bonchev–Trinajstić information content (AvgIpc) is 3.26. The van der Waals surface area contributed by atoms with E-state index in [1.54, 1.807) is 36.7 Å². The molecule has 0 saturated carbocycles. The second kappa shape index (κ2) is 9.24. The van der Waals surface area contributed by atoms with Crippen LogP contribution < -0.4 is 15.0 Å². The summed E-state index contributed by atoms with van der Waals surface area (Å²) in [6.07, 6.45) is 2.50. The minimum absolute atomic E-state index is 0.140. The van der Waals surface area contributed by atoms with E-state index in [9.17, 15) is 4.79 Å². The van der Waals surface area contributed by atoms with Crippen LogP contribution in [0.15, 0.2) is 48.0 Å². The summed E-state index contributed by atoms with van der Waals surface area (Å²) in [7, 11) is 1.61. The van der Waals surface area contributed by atoms with Gasteiger partial charge in [0.15, 0.2) is 0 Å². The third-order valence-corrected chi connectivity index (χ3v) is 6.16. The van der Waals surface area contributed by atoms with Crippen molar-refractivity contribution in [2.75, 3.05) is 51.3 Å². The number of thiophene rings is 1. The summed E-state index contributed by atoms with van der Waals surface area (Å²) in [5.74, 6) is 0.421. The van der Waals surface area contributed by atoms with E-state index >= 15 is 0 Å². The van der Waals surface area contributed by atoms with Gasteiger partial charge in [-0.3, -0.25) is 9.69 Å². The standard InChI is InChI=1S/C22H26N4O2S/c1-23-22(27)17-6-7-21(24-16-17)28-14-3-9-25-10-12-26(13-11-25)19-4-2-5-20-18(19)8-15-29-20/h2,4-8,15-16H,3,9-14H2,1H3,(H,23,27). The molecule has 2 aromatic heterocycles. The van der Waals surface area contributed by atoms with E-state index in [-0.39, 0.29) is 5.91 Å². The van der Waals surface area contributed by atoms with Crippen LogP contribution in [0.5, 0.6) is 5.88 Å². The molecule has 3 heterocycles. The molecule has 6 nitrogen and oxygen atoms in total. The molecule has 1 aliphatic heterocycles. The summed E-state index contributed by atoms with van der Waals surface area (Å²) in [5, 5.41) is 6.12. The van der Waals surface area contributed by atoms with Crippen molar-refractivity contribution in [2.24, 2.45) is 0 Å². The van der Waals surface area contributed by atoms with E-state index in [2.05, 4.69) is 49.7 Å². The lowest BCUT2D eigenvalue weighted by atomic mass is 10.2. The van der Waals surface area contributed by atoms with Gasteiger partial charge in [-0.1, -0.05) is 6.07 Å². The van der Waals surface area contributed by atoms with Crippen molar-refractivity contribution in [2.45, 2.75) is 6.42 Å². The lowest BCUT2D eigenvalue weighted by Gasteiger charge is -2.36. The van der Waals surface area contributed by atoms with E-state index in [0.29, 0.717) is 18.1 Å². The van der Waals surface area contributed by atoms with Crippen molar-refractivity contribution < 1.29 is 9.53 Å². The van der Waals surface area contributed by atoms with E-state index in [1.165, 1.54) is 15.8 Å². The molecule has 1 aromatic carbocycles. The molecule has 4 rings (SSSR count). The smallest absolute Gasteiger partial charge is 0.252 e. The monoisotopic (exact) mass is 410 g/mol. The number of ether oxygens (including phenoxy) is 1. The number of hydrogen-bond acceptors (Lipinski definition) is 6. The molecule has 0 radical (unpaired) electrons. The number of benzene rings is 1. The topological polar surface area (TPSA) is 57.7 Å². The van der Waals surface area contributed by atoms with Gasteiger partial charge in [0.2, 0.25) is 5.88 Å². The molecular weight excluding hydrogens is 384 g/mol. The maximum absolute atomic E-state index is 11.5. The minimum atomic E-state index is -0.140. The SMILES string of the molecule is CNC(=O)c1ccc(OCCCN2CCN(c3cccc4sccc34)CC2)nc1. The van der Waals surface area contributed by atoms with Crippen LogP contribution >= 0.6 is 11.3 Å². The number of pyridine rings is 1. The fraction of sp³-hybridized carbons (Fsp3) is 0.364. The summed E-state index contributed by atoms with van der Waals surface area (Å²) >= 11 is 1.81. The van der Waals surface area contributed by atoms with Crippen LogP contribution in [0.4, 0.5) is 5.69 Å². The first-order chi connectivity index (χ1) is 14.2. The van der Waals surface area contributed by atoms with Crippen molar-refractivity contribution >= 4 is 33.0 Å². The zero-order chi connectivity index (χ0) is 20.1. The van der Waals surface area contributed by atoms with Gasteiger partial charge in [0, 0.05) is 67.8 Å². The highest BCUT2D eigenvalue weighted by Crippen LogP contribution is 2.31. The first-order valence-electron chi connectivity index (χ1n) is 9.99. The molecule has 1 N–H and O–H groups in total. The zero-order valence-electron chi connectivity index (χ0n) is 16.6. The summed E-state index contributed by atoms with van der Waals surface area (Å²) in [4.78, 5) is 20.7. The molecule has 1 saturated heterocycles. The molecule has 152 valence electrons. The highest BCUT2D eigenvalue weighted by Gasteiger charge is 2.18. The van der Waals surface area contributed by atoms with Crippen LogP contribution in [0.2, 0.25) is 0 Å². The fourth-order valence-electron chi connectivity index (χ4n) is 3.68. The maximum atomic E-state index is 11.5. The Balaban J connectivity index is 1.20. The Morgan fingerprint density at radius 2 is 2.03 bits per heavy atom. The van der Waals surface area contributed by atoms with Gasteiger partial charge in [-0.15, -0.1) is 11.3 Å². The molecule has 1 fully saturated rings. The largest absolute Gasteiger partial charge is 0.478 e. The number of aromatic nitrogens is 1. The van der Waals surface area contributed by atoms with Gasteiger partial charge in [0.1, 0.15) is 0 Å². The predicted octanol–water partition coefficient (Wildman–Crippen LogP) is 3.25. The average molecular weight is 411 g/mol. The van der Waals surface area contributed by atoms with Crippen molar-refractivity contribution in [1.82, 2.24) is 15.2 Å². The Bertz CT molecular complexity index is 949. The predicted molar refractivity (Wildman–Crippen MR) is 118 cm³/mol. The quantitative estimate of drug-likeness (QED) is 0.606. The number of nitrogens with zero attached hydrogens (tertiary/aromatic N) is 3. The Labute approximate surface area is 175 Å². The van der Waals surface area contributed by atoms with E-state index in [1.807, 2.05) is 0 Å². The number of amides is 1. The van der Waals surface area contributed by atoms with Gasteiger partial charge in [0.25, 0.3) is 5.91 Å². The molecule has 0 aliphatic carbocycles. The highest BCUT2D eigenvalue weighted by atomic mass is 32.1. The second-order valence-electron chi connectivity index (χ2n) is 7.10. The number of fused-ring (bicyclic) bond motifs is 1. The molecule has 0 bridgehead atoms. The molecule has 0 unspecified atom stereocenters. The van der Waals surface area contributed by atoms with Gasteiger partial charge in [0.05, 0.1) is 12.2 Å². The number of carbonyl (C=O) groups excluding carboxylic acids is 1. The van der Waals surface area contributed by atoms with E-state index in [0.717, 1.165) is 39.1 Å². The van der Waals surface area contributed by atoms with Crippen LogP contribution in [-0.2, 0) is 0 Å². The number of rotatable bonds is 7. The van der Waals surface area contributed by atoms with Crippen LogP contribution in [0.25, 0.3) is 10.1 Å². The van der Waals surface area contributed by atoms with Crippen LogP contribution in [0.1, 0.15) is 16.8 Å². The molecule has 7 heteroatoms. The normalized spacial score (nSPS) is 14.9. The molecule has 29 heavy (non-hydrogen) atoms. The molecule has 3 aromatic rings. The zero-order valence-corrected chi connectivity index (χ0v) is 17.5. The molecular formula is C22H26N4O2S. The van der Waals surface area contributed by atoms with Crippen molar-refractivity contribution in [3.8, 4) is 5.88 Å². The van der Waals surface area contributed by atoms with E-state index < -0.39 is 0 Å². The summed E-state index contributed by atoms with van der Waals surface area (Å²) < 4.78 is 7.08. The van der Waals surface area contributed by atoms with Crippen LogP contribution in [-0.4, -0.2) is 62.2 Å². The van der Waals surface area contributed by atoms with Gasteiger partial charge in [-0.05, 0) is 36.1 Å². The minimum Gasteiger partial charge on any atom is -0.478 e. The lowest BCUT2D eigenvalue weighted by molar-refractivity contribution is 0.0962. The van der Waals surface area contributed by atoms with Crippen molar-refractivity contribution in [3.05, 3.63) is 53.5 Å². The highest BCUT2D eigenvalue weighted by molar-refractivity contribution is 7.17. The van der Waals surface area contributed by atoms with E-state index in [4.69, 9.17) is 4.74 Å². The van der Waals surface area contributed by atoms with Gasteiger partial charge >= 0.3 is 0 Å². The Morgan fingerprint density at radius 3 is 2.79 bits per heavy atom. The van der Waals surface area contributed by atoms with Crippen molar-refractivity contribution in [3.63, 3.8) is 0 Å². The first-order valence-corrected chi connectivity index (χ1v) is 10.9. The number of piperazine rings is 1. The number of anilines is 1. The van der Waals surface area contributed by atoms with Crippen LogP contribution in [0, 0.1) is 0 Å². The fourth-order valence-corrected chi connectivity index (χ4v) is 4.48. The van der Waals surface area contributed by atoms with Crippen molar-refractivity contribution in [1.29, 1.82) is 0 Å². The Morgan fingerprint density at radius 1 is 1.17 bits per heavy atom. The maximum Gasteiger partial charge on any atom is 0.252 e. The summed E-state index contributed by atoms with van der Waals surface area (Å²) in [6.45, 7) is 5.89. The summed E-state index contributed by atoms with van der Waals surface area (Å²) in [6, 6.07) is 12.3. The molecule has 0 spiro atoms. The number of hydrogen-bond donors (Lipinski definition) is 1. The second-order valence-corrected chi connectivity index (χ2v) is 8.05. The van der Waals surface area contributed by atoms with Gasteiger partial charge in [-0.2, -0.15) is 0 Å². The Kier molecular flexibility index (Phi) is 6.27.